The van der Waals surface area contributed by atoms with Crippen LogP contribution < -0.4 is 10.6 Å². The lowest BCUT2D eigenvalue weighted by Crippen LogP contribution is -2.53. The van der Waals surface area contributed by atoms with Crippen LogP contribution in [-0.4, -0.2) is 36.3 Å². The normalized spacial score (nSPS) is 22.0. The van der Waals surface area contributed by atoms with Crippen molar-refractivity contribution in [2.45, 2.75) is 43.7 Å². The molecule has 5 rings (SSSR count). The summed E-state index contributed by atoms with van der Waals surface area (Å²) in [7, 11) is 0. The minimum Gasteiger partial charge on any atom is -0.351 e. The molecule has 9 heteroatoms. The zero-order chi connectivity index (χ0) is 28.5. The molecule has 2 aliphatic rings. The smallest absolute Gasteiger partial charge is 0.231 e. The summed E-state index contributed by atoms with van der Waals surface area (Å²) in [5.74, 6) is 0.0381. The number of carbonyl (C=O) groups excluding carboxylic acids is 2. The number of hydrogen-bond acceptors (Lipinski definition) is 3. The molecule has 0 radical (unpaired) electrons. The van der Waals surface area contributed by atoms with Crippen LogP contribution in [0.5, 0.6) is 0 Å². The van der Waals surface area contributed by atoms with Crippen molar-refractivity contribution in [2.24, 2.45) is 5.92 Å². The molecular formula is C31H31Cl4N3O2. The quantitative estimate of drug-likeness (QED) is 0.286. The monoisotopic (exact) mass is 617 g/mol. The summed E-state index contributed by atoms with van der Waals surface area (Å²) in [6.45, 7) is 4.31. The summed E-state index contributed by atoms with van der Waals surface area (Å²) in [6, 6.07) is 21.0. The van der Waals surface area contributed by atoms with E-state index in [0.29, 0.717) is 33.1 Å². The number of carbonyl (C=O) groups is 2. The predicted molar refractivity (Wildman–Crippen MR) is 162 cm³/mol. The number of likely N-dealkylation sites (tertiary alicyclic amines) is 1. The van der Waals surface area contributed by atoms with E-state index in [1.807, 2.05) is 36.4 Å². The molecule has 1 saturated carbocycles. The van der Waals surface area contributed by atoms with Crippen LogP contribution in [-0.2, 0) is 27.1 Å². The number of benzene rings is 3. The average Bonchev–Trinajstić information content (AvgIpc) is 3.67. The van der Waals surface area contributed by atoms with Gasteiger partial charge in [0.15, 0.2) is 0 Å². The Kier molecular flexibility index (Phi) is 8.70. The Bertz CT molecular complexity index is 1410. The van der Waals surface area contributed by atoms with E-state index in [1.54, 1.807) is 25.1 Å². The maximum Gasteiger partial charge on any atom is 0.231 e. The van der Waals surface area contributed by atoms with E-state index in [1.165, 1.54) is 0 Å². The summed E-state index contributed by atoms with van der Waals surface area (Å²) in [6.07, 6.45) is 2.31. The van der Waals surface area contributed by atoms with E-state index in [9.17, 15) is 9.59 Å². The van der Waals surface area contributed by atoms with E-state index in [0.717, 1.165) is 49.2 Å². The number of rotatable bonds is 8. The topological polar surface area (TPSA) is 61.4 Å². The number of halogens is 4. The molecule has 0 aromatic heterocycles. The number of amides is 2. The fourth-order valence-electron chi connectivity index (χ4n) is 6.09. The second-order valence-electron chi connectivity index (χ2n) is 10.9. The fraction of sp³-hybridized carbons (Fsp3) is 0.355. The zero-order valence-corrected chi connectivity index (χ0v) is 25.2. The number of nitrogens with one attached hydrogen (secondary N) is 2. The first-order valence-corrected chi connectivity index (χ1v) is 14.9. The summed E-state index contributed by atoms with van der Waals surface area (Å²) in [5.41, 5.74) is 1.78. The van der Waals surface area contributed by atoms with Gasteiger partial charge in [-0.15, -0.1) is 0 Å². The third kappa shape index (κ3) is 6.00. The Labute approximate surface area is 255 Å². The molecule has 0 bridgehead atoms. The van der Waals surface area contributed by atoms with Gasteiger partial charge in [0.25, 0.3) is 0 Å². The van der Waals surface area contributed by atoms with Crippen molar-refractivity contribution in [3.8, 4) is 0 Å². The molecule has 1 aliphatic heterocycles. The first kappa shape index (κ1) is 29.2. The molecule has 210 valence electrons. The molecule has 1 saturated heterocycles. The minimum absolute atomic E-state index is 0.0308. The molecule has 3 aromatic carbocycles. The van der Waals surface area contributed by atoms with Crippen molar-refractivity contribution in [1.82, 2.24) is 15.5 Å². The van der Waals surface area contributed by atoms with Gasteiger partial charge in [0.1, 0.15) is 0 Å². The van der Waals surface area contributed by atoms with Crippen LogP contribution in [0.25, 0.3) is 0 Å². The van der Waals surface area contributed by atoms with Gasteiger partial charge in [0.2, 0.25) is 11.8 Å². The molecule has 1 aliphatic carbocycles. The average molecular weight is 619 g/mol. The van der Waals surface area contributed by atoms with Crippen molar-refractivity contribution in [2.75, 3.05) is 19.6 Å². The van der Waals surface area contributed by atoms with Gasteiger partial charge in [0.05, 0.1) is 31.0 Å². The van der Waals surface area contributed by atoms with E-state index in [2.05, 4.69) is 27.7 Å². The molecule has 2 N–H and O–H groups in total. The standard InChI is InChI=1S/C31H31Cl4N3O2/c1-20(39)37-30(22-5-3-2-4-6-22)11-13-38(14-12-30)19-24-17-31(24,23-8-10-26(33)28(35)16-23)29(40)36-18-21-7-9-25(32)27(34)15-21/h2-10,15-16,24H,11-14,17-19H2,1H3,(H,36,40)(H,37,39)/t24-,31+/m0/s1. The molecule has 40 heavy (non-hydrogen) atoms. The molecule has 5 nitrogen and oxygen atoms in total. The van der Waals surface area contributed by atoms with Gasteiger partial charge in [0, 0.05) is 33.1 Å². The predicted octanol–water partition coefficient (Wildman–Crippen LogP) is 7.00. The van der Waals surface area contributed by atoms with Crippen LogP contribution in [0, 0.1) is 5.92 Å². The SMILES string of the molecule is CC(=O)NC1(c2ccccc2)CCN(C[C@@H]2C[C@@]2(C(=O)NCc2ccc(Cl)c(Cl)c2)c2ccc(Cl)c(Cl)c2)CC1. The number of piperidine rings is 1. The molecule has 0 unspecified atom stereocenters. The molecule has 2 amide bonds. The van der Waals surface area contributed by atoms with Crippen molar-refractivity contribution in [1.29, 1.82) is 0 Å². The number of nitrogens with zero attached hydrogens (tertiary/aromatic N) is 1. The molecular weight excluding hydrogens is 588 g/mol. The van der Waals surface area contributed by atoms with Gasteiger partial charge in [-0.05, 0) is 66.1 Å². The first-order valence-electron chi connectivity index (χ1n) is 13.4. The number of hydrogen-bond donors (Lipinski definition) is 2. The van der Waals surface area contributed by atoms with Crippen LogP contribution in [0.1, 0.15) is 42.9 Å². The summed E-state index contributed by atoms with van der Waals surface area (Å²) in [4.78, 5) is 28.3. The highest BCUT2D eigenvalue weighted by molar-refractivity contribution is 6.42. The molecule has 2 fully saturated rings. The van der Waals surface area contributed by atoms with Crippen LogP contribution in [0.4, 0.5) is 0 Å². The Balaban J connectivity index is 1.31. The van der Waals surface area contributed by atoms with Crippen molar-refractivity contribution in [3.05, 3.63) is 104 Å². The van der Waals surface area contributed by atoms with Crippen LogP contribution >= 0.6 is 46.4 Å². The molecule has 0 spiro atoms. The van der Waals surface area contributed by atoms with E-state index in [-0.39, 0.29) is 23.3 Å². The maximum absolute atomic E-state index is 13.8. The Hall–Kier alpha value is -2.28. The second kappa shape index (κ2) is 11.9. The van der Waals surface area contributed by atoms with Crippen molar-refractivity contribution >= 4 is 58.2 Å². The Morgan fingerprint density at radius 2 is 1.50 bits per heavy atom. The Morgan fingerprint density at radius 3 is 2.12 bits per heavy atom. The third-order valence-corrected chi connectivity index (χ3v) is 9.79. The summed E-state index contributed by atoms with van der Waals surface area (Å²) < 4.78 is 0. The molecule has 2 atom stereocenters. The van der Waals surface area contributed by atoms with Crippen LogP contribution in [0.15, 0.2) is 66.7 Å². The van der Waals surface area contributed by atoms with Gasteiger partial charge < -0.3 is 15.5 Å². The van der Waals surface area contributed by atoms with E-state index in [4.69, 9.17) is 46.4 Å². The van der Waals surface area contributed by atoms with Crippen molar-refractivity contribution in [3.63, 3.8) is 0 Å². The first-order chi connectivity index (χ1) is 19.1. The van der Waals surface area contributed by atoms with Crippen molar-refractivity contribution < 1.29 is 9.59 Å². The Morgan fingerprint density at radius 1 is 0.850 bits per heavy atom. The molecule has 1 heterocycles. The van der Waals surface area contributed by atoms with E-state index >= 15 is 0 Å². The van der Waals surface area contributed by atoms with Gasteiger partial charge in [-0.1, -0.05) is 88.9 Å². The largest absolute Gasteiger partial charge is 0.351 e. The highest BCUT2D eigenvalue weighted by atomic mass is 35.5. The van der Waals surface area contributed by atoms with Crippen LogP contribution in [0.2, 0.25) is 20.1 Å². The lowest BCUT2D eigenvalue weighted by Gasteiger charge is -2.43. The van der Waals surface area contributed by atoms with Crippen LogP contribution in [0.3, 0.4) is 0 Å². The fourth-order valence-corrected chi connectivity index (χ4v) is 6.70. The lowest BCUT2D eigenvalue weighted by atomic mass is 9.80. The second-order valence-corrected chi connectivity index (χ2v) is 12.5. The summed E-state index contributed by atoms with van der Waals surface area (Å²) >= 11 is 24.8. The highest BCUT2D eigenvalue weighted by Gasteiger charge is 2.61. The highest BCUT2D eigenvalue weighted by Crippen LogP contribution is 2.56. The zero-order valence-electron chi connectivity index (χ0n) is 22.2. The van der Waals surface area contributed by atoms with Gasteiger partial charge in [-0.2, -0.15) is 0 Å². The van der Waals surface area contributed by atoms with Gasteiger partial charge >= 0.3 is 0 Å². The van der Waals surface area contributed by atoms with E-state index < -0.39 is 5.41 Å². The lowest BCUT2D eigenvalue weighted by molar-refractivity contribution is -0.124. The summed E-state index contributed by atoms with van der Waals surface area (Å²) in [5, 5.41) is 8.18. The molecule has 3 aromatic rings. The van der Waals surface area contributed by atoms with Gasteiger partial charge in [-0.3, -0.25) is 9.59 Å². The van der Waals surface area contributed by atoms with Gasteiger partial charge in [-0.25, -0.2) is 0 Å². The third-order valence-electron chi connectivity index (χ3n) is 8.31. The minimum atomic E-state index is -0.698. The maximum atomic E-state index is 13.8.